The monoisotopic (exact) mass is 350 g/mol. The van der Waals surface area contributed by atoms with Crippen LogP contribution in [0, 0.1) is 0 Å². The van der Waals surface area contributed by atoms with Gasteiger partial charge in [0.2, 0.25) is 5.91 Å². The molecule has 126 valence electrons. The molecule has 0 aliphatic carbocycles. The molecular formula is C14H14ClF3N2O3. The van der Waals surface area contributed by atoms with Gasteiger partial charge in [0.05, 0.1) is 6.04 Å². The Morgan fingerprint density at radius 3 is 2.70 bits per heavy atom. The Labute approximate surface area is 135 Å². The normalized spacial score (nSPS) is 21.7. The summed E-state index contributed by atoms with van der Waals surface area (Å²) in [5, 5.41) is 2.82. The summed E-state index contributed by atoms with van der Waals surface area (Å²) >= 11 is 6.05. The molecule has 2 amide bonds. The van der Waals surface area contributed by atoms with E-state index in [1.807, 2.05) is 0 Å². The van der Waals surface area contributed by atoms with E-state index in [4.69, 9.17) is 16.3 Å². The molecule has 1 aromatic rings. The summed E-state index contributed by atoms with van der Waals surface area (Å²) < 4.78 is 42.5. The van der Waals surface area contributed by atoms with Crippen LogP contribution in [-0.4, -0.2) is 49.2 Å². The predicted molar refractivity (Wildman–Crippen MR) is 75.8 cm³/mol. The lowest BCUT2D eigenvalue weighted by molar-refractivity contribution is -0.170. The third-order valence-electron chi connectivity index (χ3n) is 3.29. The number of ether oxygens (including phenoxy) is 1. The molecule has 5 nitrogen and oxygen atoms in total. The van der Waals surface area contributed by atoms with Crippen LogP contribution in [-0.2, 0) is 14.3 Å². The largest absolute Gasteiger partial charge is 0.406 e. The molecule has 1 N–H and O–H groups in total. The van der Waals surface area contributed by atoms with Gasteiger partial charge in [0.1, 0.15) is 13.2 Å². The molecule has 1 fully saturated rings. The second kappa shape index (κ2) is 6.76. The smallest absolute Gasteiger partial charge is 0.356 e. The lowest BCUT2D eigenvalue weighted by atomic mass is 9.98. The zero-order valence-corrected chi connectivity index (χ0v) is 12.8. The molecule has 1 saturated heterocycles. The third kappa shape index (κ3) is 4.35. The van der Waals surface area contributed by atoms with Gasteiger partial charge < -0.3 is 15.0 Å². The molecule has 0 radical (unpaired) electrons. The van der Waals surface area contributed by atoms with Crippen molar-refractivity contribution in [1.29, 1.82) is 0 Å². The van der Waals surface area contributed by atoms with E-state index in [2.05, 4.69) is 5.32 Å². The zero-order valence-electron chi connectivity index (χ0n) is 12.1. The summed E-state index contributed by atoms with van der Waals surface area (Å²) in [7, 11) is 1.03. The Hall–Kier alpha value is -1.80. The number of alkyl halides is 3. The van der Waals surface area contributed by atoms with Gasteiger partial charge in [-0.15, -0.1) is 0 Å². The molecule has 0 saturated carbocycles. The Balaban J connectivity index is 2.26. The first-order chi connectivity index (χ1) is 10.7. The highest BCUT2D eigenvalue weighted by Gasteiger charge is 2.41. The summed E-state index contributed by atoms with van der Waals surface area (Å²) in [6.07, 6.45) is -5.80. The van der Waals surface area contributed by atoms with Crippen LogP contribution >= 0.6 is 11.6 Å². The van der Waals surface area contributed by atoms with E-state index >= 15 is 0 Å². The quantitative estimate of drug-likeness (QED) is 0.906. The number of hydrogen-bond acceptors (Lipinski definition) is 3. The first kappa shape index (κ1) is 17.6. The molecule has 0 unspecified atom stereocenters. The summed E-state index contributed by atoms with van der Waals surface area (Å²) in [6, 6.07) is 5.48. The van der Waals surface area contributed by atoms with Gasteiger partial charge >= 0.3 is 6.18 Å². The van der Waals surface area contributed by atoms with Crippen LogP contribution in [0.25, 0.3) is 0 Å². The number of amides is 2. The van der Waals surface area contributed by atoms with Crippen molar-refractivity contribution < 1.29 is 27.5 Å². The van der Waals surface area contributed by atoms with Gasteiger partial charge in [-0.25, -0.2) is 0 Å². The van der Waals surface area contributed by atoms with Crippen molar-refractivity contribution in [1.82, 2.24) is 10.2 Å². The van der Waals surface area contributed by atoms with Crippen molar-refractivity contribution in [2.45, 2.75) is 18.3 Å². The van der Waals surface area contributed by atoms with Crippen LogP contribution in [0.1, 0.15) is 11.6 Å². The van der Waals surface area contributed by atoms with Crippen molar-refractivity contribution >= 4 is 23.4 Å². The van der Waals surface area contributed by atoms with Gasteiger partial charge in [-0.2, -0.15) is 13.2 Å². The lowest BCUT2D eigenvalue weighted by Gasteiger charge is -2.34. The molecule has 2 atom stereocenters. The molecule has 0 aromatic heterocycles. The van der Waals surface area contributed by atoms with Crippen LogP contribution in [0.4, 0.5) is 13.2 Å². The molecule has 0 bridgehead atoms. The minimum Gasteiger partial charge on any atom is -0.356 e. The third-order valence-corrected chi connectivity index (χ3v) is 3.63. The van der Waals surface area contributed by atoms with Crippen molar-refractivity contribution in [2.24, 2.45) is 0 Å². The Bertz CT molecular complexity index is 609. The molecule has 9 heteroatoms. The van der Waals surface area contributed by atoms with Gasteiger partial charge in [-0.05, 0) is 11.6 Å². The SMILES string of the molecule is CN(CC(F)(F)F)C(=O)[C@H]1OCC(=O)N[C@@H]1c1ccccc1Cl. The lowest BCUT2D eigenvalue weighted by Crippen LogP contribution is -2.53. The molecule has 2 rings (SSSR count). The number of hydrogen-bond donors (Lipinski definition) is 1. The fourth-order valence-corrected chi connectivity index (χ4v) is 2.55. The number of likely N-dealkylation sites (N-methyl/N-ethyl adjacent to an activating group) is 1. The van der Waals surface area contributed by atoms with E-state index < -0.39 is 43.3 Å². The van der Waals surface area contributed by atoms with Gasteiger partial charge in [-0.3, -0.25) is 9.59 Å². The molecule has 1 aliphatic heterocycles. The minimum absolute atomic E-state index is 0.277. The Morgan fingerprint density at radius 2 is 2.09 bits per heavy atom. The van der Waals surface area contributed by atoms with Gasteiger partial charge in [0, 0.05) is 12.1 Å². The first-order valence-electron chi connectivity index (χ1n) is 6.66. The average Bonchev–Trinajstić information content (AvgIpc) is 2.45. The number of morpholine rings is 1. The second-order valence-corrected chi connectivity index (χ2v) is 5.51. The standard InChI is InChI=1S/C14H14ClF3N2O3/c1-20(7-14(16,17)18)13(22)12-11(19-10(21)6-23-12)8-4-2-3-5-9(8)15/h2-5,11-12H,6-7H2,1H3,(H,19,21)/t11-,12+/m1/s1. The second-order valence-electron chi connectivity index (χ2n) is 5.11. The molecule has 1 aliphatic rings. The summed E-state index contributed by atoms with van der Waals surface area (Å²) in [4.78, 5) is 24.3. The highest BCUT2D eigenvalue weighted by Crippen LogP contribution is 2.29. The molecule has 1 heterocycles. The maximum absolute atomic E-state index is 12.5. The number of benzene rings is 1. The number of rotatable bonds is 3. The first-order valence-corrected chi connectivity index (χ1v) is 7.04. The number of halogens is 4. The van der Waals surface area contributed by atoms with E-state index in [9.17, 15) is 22.8 Å². The Kier molecular flexibility index (Phi) is 5.16. The van der Waals surface area contributed by atoms with Crippen molar-refractivity contribution in [3.8, 4) is 0 Å². The molecular weight excluding hydrogens is 337 g/mol. The predicted octanol–water partition coefficient (Wildman–Crippen LogP) is 1.92. The topological polar surface area (TPSA) is 58.6 Å². The highest BCUT2D eigenvalue weighted by atomic mass is 35.5. The van der Waals surface area contributed by atoms with Gasteiger partial charge in [-0.1, -0.05) is 29.8 Å². The van der Waals surface area contributed by atoms with Crippen LogP contribution in [0.15, 0.2) is 24.3 Å². The highest BCUT2D eigenvalue weighted by molar-refractivity contribution is 6.31. The van der Waals surface area contributed by atoms with E-state index in [1.54, 1.807) is 24.3 Å². The van der Waals surface area contributed by atoms with Crippen molar-refractivity contribution in [2.75, 3.05) is 20.2 Å². The summed E-state index contributed by atoms with van der Waals surface area (Å²) in [5.41, 5.74) is 0.404. The van der Waals surface area contributed by atoms with Crippen LogP contribution < -0.4 is 5.32 Å². The Morgan fingerprint density at radius 1 is 1.43 bits per heavy atom. The zero-order chi connectivity index (χ0) is 17.2. The average molecular weight is 351 g/mol. The van der Waals surface area contributed by atoms with Gasteiger partial charge in [0.25, 0.3) is 5.91 Å². The maximum atomic E-state index is 12.5. The summed E-state index contributed by atoms with van der Waals surface area (Å²) in [5.74, 6) is -1.36. The van der Waals surface area contributed by atoms with Gasteiger partial charge in [0.15, 0.2) is 6.10 Å². The van der Waals surface area contributed by atoms with Crippen LogP contribution in [0.3, 0.4) is 0 Å². The van der Waals surface area contributed by atoms with Crippen molar-refractivity contribution in [3.63, 3.8) is 0 Å². The van der Waals surface area contributed by atoms with E-state index in [-0.39, 0.29) is 5.02 Å². The number of carbonyl (C=O) groups excluding carboxylic acids is 2. The fraction of sp³-hybridized carbons (Fsp3) is 0.429. The number of nitrogens with one attached hydrogen (secondary N) is 1. The maximum Gasteiger partial charge on any atom is 0.406 e. The van der Waals surface area contributed by atoms with E-state index in [0.29, 0.717) is 10.5 Å². The van der Waals surface area contributed by atoms with Crippen LogP contribution in [0.5, 0.6) is 0 Å². The number of nitrogens with zero attached hydrogens (tertiary/aromatic N) is 1. The molecule has 23 heavy (non-hydrogen) atoms. The number of carbonyl (C=O) groups is 2. The van der Waals surface area contributed by atoms with Crippen molar-refractivity contribution in [3.05, 3.63) is 34.9 Å². The molecule has 0 spiro atoms. The summed E-state index contributed by atoms with van der Waals surface area (Å²) in [6.45, 7) is -1.81. The van der Waals surface area contributed by atoms with E-state index in [1.165, 1.54) is 0 Å². The minimum atomic E-state index is -4.53. The van der Waals surface area contributed by atoms with E-state index in [0.717, 1.165) is 7.05 Å². The fourth-order valence-electron chi connectivity index (χ4n) is 2.30. The molecule has 1 aromatic carbocycles. The van der Waals surface area contributed by atoms with Crippen LogP contribution in [0.2, 0.25) is 5.02 Å².